The van der Waals surface area contributed by atoms with E-state index in [0.29, 0.717) is 11.8 Å². The minimum atomic E-state index is 0.116. The van der Waals surface area contributed by atoms with Crippen molar-refractivity contribution in [1.82, 2.24) is 28.7 Å². The average molecular weight is 416 g/mol. The smallest absolute Gasteiger partial charge is 0.250 e. The fourth-order valence-electron chi connectivity index (χ4n) is 5.35. The van der Waals surface area contributed by atoms with Gasteiger partial charge in [0.15, 0.2) is 11.5 Å². The number of nitrogens with zero attached hydrogens (tertiary/aromatic N) is 7. The molecule has 0 aliphatic carbocycles. The lowest BCUT2D eigenvalue weighted by Gasteiger charge is -2.44. The van der Waals surface area contributed by atoms with Crippen LogP contribution in [0.15, 0.2) is 41.5 Å². The van der Waals surface area contributed by atoms with E-state index in [-0.39, 0.29) is 5.56 Å². The van der Waals surface area contributed by atoms with E-state index in [1.54, 1.807) is 12.3 Å². The largest absolute Gasteiger partial charge is 0.355 e. The zero-order valence-corrected chi connectivity index (χ0v) is 18.0. The molecule has 31 heavy (non-hydrogen) atoms. The summed E-state index contributed by atoms with van der Waals surface area (Å²) >= 11 is 0. The highest BCUT2D eigenvalue weighted by atomic mass is 16.1. The lowest BCUT2D eigenvalue weighted by Crippen LogP contribution is -2.48. The summed E-state index contributed by atoms with van der Waals surface area (Å²) in [5.74, 6) is 2.72. The molecule has 0 aromatic carbocycles. The van der Waals surface area contributed by atoms with Crippen molar-refractivity contribution in [2.45, 2.75) is 32.7 Å². The number of aromatic nitrogens is 6. The molecule has 2 bridgehead atoms. The van der Waals surface area contributed by atoms with Crippen molar-refractivity contribution in [3.8, 4) is 11.5 Å². The number of piperidine rings is 1. The number of anilines is 1. The maximum atomic E-state index is 12.4. The molecule has 158 valence electrons. The van der Waals surface area contributed by atoms with Gasteiger partial charge in [0.05, 0.1) is 0 Å². The highest BCUT2D eigenvalue weighted by Crippen LogP contribution is 2.38. The second kappa shape index (κ2) is 6.54. The number of hydrogen-bond donors (Lipinski definition) is 0. The van der Waals surface area contributed by atoms with E-state index in [9.17, 15) is 4.79 Å². The van der Waals surface area contributed by atoms with Gasteiger partial charge >= 0.3 is 0 Å². The number of fused-ring (bicyclic) bond motifs is 5. The fraction of sp³-hybridized carbons (Fsp3) is 0.391. The van der Waals surface area contributed by atoms with E-state index >= 15 is 0 Å². The normalized spacial score (nSPS) is 20.3. The molecular formula is C23H25N7O. The van der Waals surface area contributed by atoms with Gasteiger partial charge in [-0.1, -0.05) is 6.07 Å². The molecule has 0 amide bonds. The predicted molar refractivity (Wildman–Crippen MR) is 118 cm³/mol. The van der Waals surface area contributed by atoms with Gasteiger partial charge in [-0.05, 0) is 32.3 Å². The van der Waals surface area contributed by atoms with E-state index < -0.39 is 0 Å². The Morgan fingerprint density at radius 2 is 2.00 bits per heavy atom. The van der Waals surface area contributed by atoms with Crippen LogP contribution in [-0.4, -0.2) is 41.8 Å². The van der Waals surface area contributed by atoms with Gasteiger partial charge in [-0.15, -0.1) is 0 Å². The van der Waals surface area contributed by atoms with Crippen LogP contribution in [0.1, 0.15) is 29.3 Å². The highest BCUT2D eigenvalue weighted by molar-refractivity contribution is 5.64. The molecule has 0 spiro atoms. The van der Waals surface area contributed by atoms with Crippen LogP contribution in [0.3, 0.4) is 0 Å². The van der Waals surface area contributed by atoms with Gasteiger partial charge in [0.2, 0.25) is 0 Å². The Bertz CT molecular complexity index is 1380. The summed E-state index contributed by atoms with van der Waals surface area (Å²) in [6.45, 7) is 6.76. The summed E-state index contributed by atoms with van der Waals surface area (Å²) in [6.07, 6.45) is 4.84. The molecule has 1 fully saturated rings. The SMILES string of the molecule is Cc1nc2cc(-c3nccn3C)nn2c(N2C[C@H]3C[C@@H](C2)c2cccc(=O)n2C3)c1C. The second-order valence-corrected chi connectivity index (χ2v) is 8.91. The first-order valence-electron chi connectivity index (χ1n) is 10.8. The van der Waals surface area contributed by atoms with Crippen LogP contribution < -0.4 is 10.5 Å². The van der Waals surface area contributed by atoms with Gasteiger partial charge in [0.25, 0.3) is 5.56 Å². The third kappa shape index (κ3) is 2.74. The first-order chi connectivity index (χ1) is 15.0. The third-order valence-corrected chi connectivity index (χ3v) is 6.88. The lowest BCUT2D eigenvalue weighted by molar-refractivity contribution is 0.280. The average Bonchev–Trinajstić information content (AvgIpc) is 3.35. The van der Waals surface area contributed by atoms with Gasteiger partial charge in [0.1, 0.15) is 11.5 Å². The summed E-state index contributed by atoms with van der Waals surface area (Å²) in [4.78, 5) is 24.1. The number of rotatable bonds is 2. The quantitative estimate of drug-likeness (QED) is 0.503. The molecule has 0 N–H and O–H groups in total. The number of pyridine rings is 1. The maximum Gasteiger partial charge on any atom is 0.250 e. The van der Waals surface area contributed by atoms with Crippen molar-refractivity contribution >= 4 is 11.5 Å². The van der Waals surface area contributed by atoms with Crippen LogP contribution in [-0.2, 0) is 13.6 Å². The van der Waals surface area contributed by atoms with E-state index in [2.05, 4.69) is 29.8 Å². The van der Waals surface area contributed by atoms with Crippen LogP contribution in [0.2, 0.25) is 0 Å². The van der Waals surface area contributed by atoms with Crippen molar-refractivity contribution in [2.24, 2.45) is 13.0 Å². The molecule has 0 saturated carbocycles. The second-order valence-electron chi connectivity index (χ2n) is 8.91. The van der Waals surface area contributed by atoms with Gasteiger partial charge < -0.3 is 14.0 Å². The van der Waals surface area contributed by atoms with E-state index in [0.717, 1.165) is 66.0 Å². The van der Waals surface area contributed by atoms with E-state index in [1.165, 1.54) is 0 Å². The van der Waals surface area contributed by atoms with Gasteiger partial charge in [-0.25, -0.2) is 9.97 Å². The Balaban J connectivity index is 1.47. The highest BCUT2D eigenvalue weighted by Gasteiger charge is 2.36. The number of imidazole rings is 1. The zero-order valence-electron chi connectivity index (χ0n) is 18.0. The van der Waals surface area contributed by atoms with Crippen molar-refractivity contribution in [2.75, 3.05) is 18.0 Å². The standard InChI is InChI=1S/C23H25N7O/c1-14-15(2)25-20-10-18(22-24-7-8-27(22)3)26-30(20)23(14)28-11-16-9-17(13-28)19-5-4-6-21(31)29(19)12-16/h4-8,10,16-17H,9,11-13H2,1-3H3/t16-,17+/m1/s1. The molecule has 2 aliphatic rings. The Labute approximate surface area is 179 Å². The molecular weight excluding hydrogens is 390 g/mol. The van der Waals surface area contributed by atoms with Crippen LogP contribution in [0, 0.1) is 19.8 Å². The van der Waals surface area contributed by atoms with Gasteiger partial charge in [-0.2, -0.15) is 9.61 Å². The zero-order chi connectivity index (χ0) is 21.3. The van der Waals surface area contributed by atoms with Crippen molar-refractivity contribution in [3.63, 3.8) is 0 Å². The summed E-state index contributed by atoms with van der Waals surface area (Å²) < 4.78 is 5.93. The number of hydrogen-bond acceptors (Lipinski definition) is 5. The van der Waals surface area contributed by atoms with Crippen LogP contribution in [0.5, 0.6) is 0 Å². The molecule has 1 saturated heterocycles. The summed E-state index contributed by atoms with van der Waals surface area (Å²) in [7, 11) is 1.97. The Kier molecular flexibility index (Phi) is 3.87. The summed E-state index contributed by atoms with van der Waals surface area (Å²) in [5.41, 5.74) is 5.09. The summed E-state index contributed by atoms with van der Waals surface area (Å²) in [5, 5.41) is 4.92. The molecule has 4 aromatic heterocycles. The van der Waals surface area contributed by atoms with Crippen molar-refractivity contribution in [3.05, 3.63) is 64.0 Å². The molecule has 8 heteroatoms. The Hall–Kier alpha value is -3.42. The lowest BCUT2D eigenvalue weighted by atomic mass is 9.83. The first kappa shape index (κ1) is 18.4. The Morgan fingerprint density at radius 1 is 1.13 bits per heavy atom. The molecule has 6 heterocycles. The fourth-order valence-corrected chi connectivity index (χ4v) is 5.35. The minimum Gasteiger partial charge on any atom is -0.355 e. The maximum absolute atomic E-state index is 12.4. The molecule has 8 nitrogen and oxygen atoms in total. The molecule has 2 aliphatic heterocycles. The first-order valence-corrected chi connectivity index (χ1v) is 10.8. The van der Waals surface area contributed by atoms with Crippen molar-refractivity contribution in [1.29, 1.82) is 0 Å². The van der Waals surface area contributed by atoms with Gasteiger partial charge in [0, 0.05) is 74.1 Å². The van der Waals surface area contributed by atoms with Crippen molar-refractivity contribution < 1.29 is 0 Å². The van der Waals surface area contributed by atoms with Crippen LogP contribution >= 0.6 is 0 Å². The van der Waals surface area contributed by atoms with E-state index in [4.69, 9.17) is 10.1 Å². The molecule has 4 aromatic rings. The monoisotopic (exact) mass is 415 g/mol. The van der Waals surface area contributed by atoms with E-state index in [1.807, 2.05) is 39.0 Å². The van der Waals surface area contributed by atoms with Crippen LogP contribution in [0.4, 0.5) is 5.82 Å². The summed E-state index contributed by atoms with van der Waals surface area (Å²) in [6, 6.07) is 7.68. The molecule has 0 unspecified atom stereocenters. The minimum absolute atomic E-state index is 0.116. The molecule has 2 atom stereocenters. The molecule has 6 rings (SSSR count). The predicted octanol–water partition coefficient (Wildman–Crippen LogP) is 2.53. The van der Waals surface area contributed by atoms with Crippen LogP contribution in [0.25, 0.3) is 17.2 Å². The van der Waals surface area contributed by atoms with Gasteiger partial charge in [-0.3, -0.25) is 4.79 Å². The topological polar surface area (TPSA) is 73.2 Å². The molecule has 0 radical (unpaired) electrons. The Morgan fingerprint density at radius 3 is 2.81 bits per heavy atom. The third-order valence-electron chi connectivity index (χ3n) is 6.88. The number of aryl methyl sites for hydroxylation is 2.